The molecule has 0 saturated carbocycles. The van der Waals surface area contributed by atoms with Crippen LogP contribution in [0.1, 0.15) is 30.2 Å². The number of hydrogen-bond donors (Lipinski definition) is 1. The van der Waals surface area contributed by atoms with E-state index in [2.05, 4.69) is 23.3 Å². The van der Waals surface area contributed by atoms with Crippen molar-refractivity contribution in [2.24, 2.45) is 0 Å². The molecule has 1 aliphatic heterocycles. The minimum atomic E-state index is 0.320. The third kappa shape index (κ3) is 2.60. The van der Waals surface area contributed by atoms with E-state index < -0.39 is 0 Å². The van der Waals surface area contributed by atoms with E-state index in [1.54, 1.807) is 0 Å². The van der Waals surface area contributed by atoms with E-state index >= 15 is 0 Å². The third-order valence-corrected chi connectivity index (χ3v) is 3.99. The first-order valence-electron chi connectivity index (χ1n) is 6.93. The standard InChI is InChI=1S/C14H22N2O2/c1-16-6-8-17-11(10-16)9-15-13-3-2-4-14-12(13)5-7-18-14/h5,7,11,13,15H,2-4,6,8-10H2,1H3. The highest BCUT2D eigenvalue weighted by atomic mass is 16.5. The van der Waals surface area contributed by atoms with E-state index in [0.717, 1.165) is 32.7 Å². The minimum Gasteiger partial charge on any atom is -0.469 e. The van der Waals surface area contributed by atoms with Crippen molar-refractivity contribution < 1.29 is 9.15 Å². The van der Waals surface area contributed by atoms with Crippen molar-refractivity contribution in [2.75, 3.05) is 33.3 Å². The fraction of sp³-hybridized carbons (Fsp3) is 0.714. The fourth-order valence-electron chi connectivity index (χ4n) is 2.96. The first kappa shape index (κ1) is 12.2. The molecule has 0 bridgehead atoms. The Bertz CT molecular complexity index is 391. The van der Waals surface area contributed by atoms with Crippen molar-refractivity contribution in [3.8, 4) is 0 Å². The van der Waals surface area contributed by atoms with E-state index in [1.165, 1.54) is 24.2 Å². The largest absolute Gasteiger partial charge is 0.469 e. The summed E-state index contributed by atoms with van der Waals surface area (Å²) in [7, 11) is 2.16. The molecule has 1 aromatic heterocycles. The van der Waals surface area contributed by atoms with Crippen LogP contribution in [0.3, 0.4) is 0 Å². The number of furan rings is 1. The van der Waals surface area contributed by atoms with Gasteiger partial charge in [-0.05, 0) is 26.0 Å². The van der Waals surface area contributed by atoms with Crippen LogP contribution in [0.5, 0.6) is 0 Å². The van der Waals surface area contributed by atoms with Gasteiger partial charge in [0, 0.05) is 37.7 Å². The number of fused-ring (bicyclic) bond motifs is 1. The van der Waals surface area contributed by atoms with Crippen molar-refractivity contribution in [2.45, 2.75) is 31.4 Å². The van der Waals surface area contributed by atoms with Crippen molar-refractivity contribution in [1.82, 2.24) is 10.2 Å². The molecule has 0 radical (unpaired) electrons. The molecule has 2 aliphatic rings. The lowest BCUT2D eigenvalue weighted by molar-refractivity contribution is -0.0195. The Morgan fingerprint density at radius 2 is 2.44 bits per heavy atom. The minimum absolute atomic E-state index is 0.320. The Morgan fingerprint density at radius 3 is 3.33 bits per heavy atom. The average Bonchev–Trinajstić information content (AvgIpc) is 2.85. The molecule has 3 rings (SSSR count). The van der Waals surface area contributed by atoms with Gasteiger partial charge < -0.3 is 19.4 Å². The van der Waals surface area contributed by atoms with Crippen LogP contribution in [0.15, 0.2) is 16.7 Å². The monoisotopic (exact) mass is 250 g/mol. The summed E-state index contributed by atoms with van der Waals surface area (Å²) in [5.41, 5.74) is 1.35. The summed E-state index contributed by atoms with van der Waals surface area (Å²) in [4.78, 5) is 2.33. The van der Waals surface area contributed by atoms with E-state index in [1.807, 2.05) is 6.26 Å². The van der Waals surface area contributed by atoms with Gasteiger partial charge in [-0.1, -0.05) is 0 Å². The van der Waals surface area contributed by atoms with Gasteiger partial charge in [-0.25, -0.2) is 0 Å². The molecule has 100 valence electrons. The predicted molar refractivity (Wildman–Crippen MR) is 69.6 cm³/mol. The fourth-order valence-corrected chi connectivity index (χ4v) is 2.96. The van der Waals surface area contributed by atoms with E-state index in [4.69, 9.17) is 9.15 Å². The van der Waals surface area contributed by atoms with Gasteiger partial charge in [0.2, 0.25) is 0 Å². The Labute approximate surface area is 108 Å². The van der Waals surface area contributed by atoms with Gasteiger partial charge in [-0.3, -0.25) is 0 Å². The molecule has 1 aromatic rings. The molecule has 2 unspecified atom stereocenters. The Morgan fingerprint density at radius 1 is 1.50 bits per heavy atom. The maximum absolute atomic E-state index is 5.78. The highest BCUT2D eigenvalue weighted by Gasteiger charge is 2.24. The van der Waals surface area contributed by atoms with Crippen LogP contribution in [-0.2, 0) is 11.2 Å². The van der Waals surface area contributed by atoms with Crippen LogP contribution in [-0.4, -0.2) is 44.3 Å². The second-order valence-corrected chi connectivity index (χ2v) is 5.41. The van der Waals surface area contributed by atoms with Gasteiger partial charge in [0.15, 0.2) is 0 Å². The van der Waals surface area contributed by atoms with Crippen molar-refractivity contribution >= 4 is 0 Å². The zero-order chi connectivity index (χ0) is 12.4. The summed E-state index contributed by atoms with van der Waals surface area (Å²) in [6.45, 7) is 3.86. The summed E-state index contributed by atoms with van der Waals surface area (Å²) in [6, 6.07) is 2.56. The van der Waals surface area contributed by atoms with E-state index in [-0.39, 0.29) is 0 Å². The molecule has 0 aromatic carbocycles. The molecule has 1 saturated heterocycles. The molecule has 18 heavy (non-hydrogen) atoms. The number of morpholine rings is 1. The molecular weight excluding hydrogens is 228 g/mol. The lowest BCUT2D eigenvalue weighted by atomic mass is 9.93. The summed E-state index contributed by atoms with van der Waals surface area (Å²) < 4.78 is 11.3. The van der Waals surface area contributed by atoms with Crippen LogP contribution in [0.2, 0.25) is 0 Å². The first-order valence-corrected chi connectivity index (χ1v) is 6.93. The number of ether oxygens (including phenoxy) is 1. The summed E-state index contributed by atoms with van der Waals surface area (Å²) in [5, 5.41) is 3.64. The highest BCUT2D eigenvalue weighted by molar-refractivity contribution is 5.24. The Kier molecular flexibility index (Phi) is 3.68. The average molecular weight is 250 g/mol. The SMILES string of the molecule is CN1CCOC(CNC2CCCc3occc32)C1. The van der Waals surface area contributed by atoms with Gasteiger partial charge in [-0.15, -0.1) is 0 Å². The molecule has 1 aliphatic carbocycles. The highest BCUT2D eigenvalue weighted by Crippen LogP contribution is 2.30. The van der Waals surface area contributed by atoms with Crippen molar-refractivity contribution in [3.63, 3.8) is 0 Å². The normalized spacial score (nSPS) is 29.2. The summed E-state index contributed by atoms with van der Waals surface area (Å²) in [5.74, 6) is 1.17. The van der Waals surface area contributed by atoms with Crippen molar-refractivity contribution in [1.29, 1.82) is 0 Å². The van der Waals surface area contributed by atoms with E-state index in [9.17, 15) is 0 Å². The molecule has 1 N–H and O–H groups in total. The lowest BCUT2D eigenvalue weighted by Crippen LogP contribution is -2.45. The zero-order valence-corrected chi connectivity index (χ0v) is 11.0. The molecule has 0 spiro atoms. The lowest BCUT2D eigenvalue weighted by Gasteiger charge is -2.32. The Balaban J connectivity index is 1.55. The van der Waals surface area contributed by atoms with Crippen LogP contribution >= 0.6 is 0 Å². The summed E-state index contributed by atoms with van der Waals surface area (Å²) >= 11 is 0. The molecule has 4 heteroatoms. The number of rotatable bonds is 3. The second-order valence-electron chi connectivity index (χ2n) is 5.41. The van der Waals surface area contributed by atoms with Gasteiger partial charge in [0.05, 0.1) is 19.0 Å². The molecule has 0 amide bonds. The number of likely N-dealkylation sites (N-methyl/N-ethyl adjacent to an activating group) is 1. The third-order valence-electron chi connectivity index (χ3n) is 3.99. The molecule has 2 heterocycles. The quantitative estimate of drug-likeness (QED) is 0.884. The molecule has 1 fully saturated rings. The molecule has 4 nitrogen and oxygen atoms in total. The molecule has 2 atom stereocenters. The van der Waals surface area contributed by atoms with Gasteiger partial charge >= 0.3 is 0 Å². The maximum Gasteiger partial charge on any atom is 0.108 e. The van der Waals surface area contributed by atoms with Gasteiger partial charge in [-0.2, -0.15) is 0 Å². The summed E-state index contributed by atoms with van der Waals surface area (Å²) in [6.07, 6.45) is 5.64. The van der Waals surface area contributed by atoms with Gasteiger partial charge in [0.25, 0.3) is 0 Å². The smallest absolute Gasteiger partial charge is 0.108 e. The topological polar surface area (TPSA) is 37.6 Å². The second kappa shape index (κ2) is 5.43. The van der Waals surface area contributed by atoms with Gasteiger partial charge in [0.1, 0.15) is 5.76 Å². The van der Waals surface area contributed by atoms with Crippen LogP contribution < -0.4 is 5.32 Å². The predicted octanol–water partition coefficient (Wildman–Crippen LogP) is 1.58. The van der Waals surface area contributed by atoms with Crippen LogP contribution in [0, 0.1) is 0 Å². The maximum atomic E-state index is 5.78. The molecular formula is C14H22N2O2. The number of hydrogen-bond acceptors (Lipinski definition) is 4. The first-order chi connectivity index (χ1) is 8.83. The number of nitrogens with one attached hydrogen (secondary N) is 1. The number of nitrogens with zero attached hydrogens (tertiary/aromatic N) is 1. The van der Waals surface area contributed by atoms with Crippen LogP contribution in [0.25, 0.3) is 0 Å². The van der Waals surface area contributed by atoms with Crippen LogP contribution in [0.4, 0.5) is 0 Å². The zero-order valence-electron chi connectivity index (χ0n) is 11.0. The Hall–Kier alpha value is -0.840. The van der Waals surface area contributed by atoms with Crippen molar-refractivity contribution in [3.05, 3.63) is 23.7 Å². The number of aryl methyl sites for hydroxylation is 1. The van der Waals surface area contributed by atoms with E-state index in [0.29, 0.717) is 12.1 Å².